The zero-order valence-corrected chi connectivity index (χ0v) is 10.5. The summed E-state index contributed by atoms with van der Waals surface area (Å²) < 4.78 is 13.3. The number of anilines is 1. The van der Waals surface area contributed by atoms with Gasteiger partial charge in [-0.3, -0.25) is 0 Å². The number of carbonyl (C=O) groups is 1. The molecule has 3 nitrogen and oxygen atoms in total. The number of unbranched alkanes of at least 4 members (excludes halogenated alkanes) is 1. The summed E-state index contributed by atoms with van der Waals surface area (Å²) in [4.78, 5) is 13.2. The van der Waals surface area contributed by atoms with E-state index in [1.54, 1.807) is 6.07 Å². The molecular weight excluding hydrogens is 233 g/mol. The molecule has 0 bridgehead atoms. The van der Waals surface area contributed by atoms with E-state index in [1.165, 1.54) is 12.1 Å². The van der Waals surface area contributed by atoms with Gasteiger partial charge in [0.25, 0.3) is 0 Å². The zero-order valence-electron chi connectivity index (χ0n) is 10.5. The summed E-state index contributed by atoms with van der Waals surface area (Å²) in [5, 5.41) is 9.32. The van der Waals surface area contributed by atoms with Gasteiger partial charge in [0.15, 0.2) is 0 Å². The Bertz CT molecular complexity index is 447. The van der Waals surface area contributed by atoms with Gasteiger partial charge in [0, 0.05) is 12.2 Å². The third kappa shape index (κ3) is 2.47. The van der Waals surface area contributed by atoms with Crippen LogP contribution in [0.1, 0.15) is 31.7 Å². The number of halogens is 1. The third-order valence-electron chi connectivity index (χ3n) is 3.47. The van der Waals surface area contributed by atoms with Crippen molar-refractivity contribution in [1.82, 2.24) is 0 Å². The molecule has 0 radical (unpaired) electrons. The first-order valence-corrected chi connectivity index (χ1v) is 6.41. The summed E-state index contributed by atoms with van der Waals surface area (Å²) in [7, 11) is 0. The lowest BCUT2D eigenvalue weighted by Gasteiger charge is -2.27. The summed E-state index contributed by atoms with van der Waals surface area (Å²) in [6.07, 6.45) is 3.25. The van der Waals surface area contributed by atoms with E-state index in [0.717, 1.165) is 30.5 Å². The molecule has 1 aromatic carbocycles. The summed E-state index contributed by atoms with van der Waals surface area (Å²) >= 11 is 0. The molecule has 1 aliphatic rings. The second-order valence-corrected chi connectivity index (χ2v) is 4.71. The standard InChI is InChI=1S/C14H18FNO2/c1-2-3-4-12(14(17)18)16-8-7-10-5-6-11(15)9-13(10)16/h5-6,9,12H,2-4,7-8H2,1H3,(H,17,18). The smallest absolute Gasteiger partial charge is 0.326 e. The Balaban J connectivity index is 2.24. The Kier molecular flexibility index (Phi) is 3.84. The van der Waals surface area contributed by atoms with Crippen LogP contribution >= 0.6 is 0 Å². The van der Waals surface area contributed by atoms with Crippen molar-refractivity contribution >= 4 is 11.7 Å². The second-order valence-electron chi connectivity index (χ2n) is 4.71. The largest absolute Gasteiger partial charge is 0.480 e. The highest BCUT2D eigenvalue weighted by atomic mass is 19.1. The highest BCUT2D eigenvalue weighted by molar-refractivity contribution is 5.79. The molecular formula is C14H18FNO2. The quantitative estimate of drug-likeness (QED) is 0.874. The molecule has 0 amide bonds. The first kappa shape index (κ1) is 12.9. The molecule has 0 aromatic heterocycles. The van der Waals surface area contributed by atoms with Crippen LogP contribution in [0, 0.1) is 5.82 Å². The van der Waals surface area contributed by atoms with Crippen molar-refractivity contribution < 1.29 is 14.3 Å². The Labute approximate surface area is 106 Å². The van der Waals surface area contributed by atoms with Crippen LogP contribution < -0.4 is 4.90 Å². The minimum Gasteiger partial charge on any atom is -0.480 e. The summed E-state index contributed by atoms with van der Waals surface area (Å²) in [6.45, 7) is 2.70. The van der Waals surface area contributed by atoms with Crippen LogP contribution in [0.15, 0.2) is 18.2 Å². The maximum Gasteiger partial charge on any atom is 0.326 e. The van der Waals surface area contributed by atoms with E-state index in [-0.39, 0.29) is 5.82 Å². The number of aliphatic carboxylic acids is 1. The van der Waals surface area contributed by atoms with Gasteiger partial charge in [-0.05, 0) is 30.5 Å². The van der Waals surface area contributed by atoms with Crippen LogP contribution in [0.2, 0.25) is 0 Å². The van der Waals surface area contributed by atoms with E-state index in [4.69, 9.17) is 0 Å². The fraction of sp³-hybridized carbons (Fsp3) is 0.500. The van der Waals surface area contributed by atoms with Gasteiger partial charge in [-0.2, -0.15) is 0 Å². The lowest BCUT2D eigenvalue weighted by molar-refractivity contribution is -0.138. The van der Waals surface area contributed by atoms with Crippen LogP contribution in [-0.2, 0) is 11.2 Å². The van der Waals surface area contributed by atoms with E-state index in [0.29, 0.717) is 13.0 Å². The van der Waals surface area contributed by atoms with Crippen LogP contribution in [0.25, 0.3) is 0 Å². The van der Waals surface area contributed by atoms with Gasteiger partial charge in [-0.25, -0.2) is 9.18 Å². The molecule has 0 saturated carbocycles. The van der Waals surface area contributed by atoms with Crippen LogP contribution in [0.5, 0.6) is 0 Å². The van der Waals surface area contributed by atoms with Crippen LogP contribution in [0.4, 0.5) is 10.1 Å². The number of benzene rings is 1. The number of nitrogens with zero attached hydrogens (tertiary/aromatic N) is 1. The highest BCUT2D eigenvalue weighted by Gasteiger charge is 2.30. The van der Waals surface area contributed by atoms with Gasteiger partial charge < -0.3 is 10.0 Å². The Morgan fingerprint density at radius 3 is 3.00 bits per heavy atom. The number of rotatable bonds is 5. The maximum absolute atomic E-state index is 13.3. The van der Waals surface area contributed by atoms with E-state index >= 15 is 0 Å². The molecule has 18 heavy (non-hydrogen) atoms. The highest BCUT2D eigenvalue weighted by Crippen LogP contribution is 2.31. The van der Waals surface area contributed by atoms with E-state index < -0.39 is 12.0 Å². The number of carboxylic acid groups (broad SMARTS) is 1. The fourth-order valence-electron chi connectivity index (χ4n) is 2.51. The number of hydrogen-bond acceptors (Lipinski definition) is 2. The predicted molar refractivity (Wildman–Crippen MR) is 68.4 cm³/mol. The first-order valence-electron chi connectivity index (χ1n) is 6.41. The van der Waals surface area contributed by atoms with Gasteiger partial charge in [0.1, 0.15) is 11.9 Å². The van der Waals surface area contributed by atoms with Gasteiger partial charge in [0.05, 0.1) is 0 Å². The minimum atomic E-state index is -0.819. The number of carboxylic acids is 1. The molecule has 1 atom stereocenters. The zero-order chi connectivity index (χ0) is 13.1. The average molecular weight is 251 g/mol. The van der Waals surface area contributed by atoms with Gasteiger partial charge in [-0.1, -0.05) is 25.8 Å². The molecule has 0 spiro atoms. The molecule has 1 aromatic rings. The van der Waals surface area contributed by atoms with Crippen molar-refractivity contribution in [2.24, 2.45) is 0 Å². The third-order valence-corrected chi connectivity index (χ3v) is 3.47. The average Bonchev–Trinajstić information content (AvgIpc) is 2.72. The van der Waals surface area contributed by atoms with Crippen molar-refractivity contribution in [3.05, 3.63) is 29.6 Å². The van der Waals surface area contributed by atoms with Crippen LogP contribution in [-0.4, -0.2) is 23.7 Å². The molecule has 0 aliphatic carbocycles. The molecule has 0 saturated heterocycles. The SMILES string of the molecule is CCCCC(C(=O)O)N1CCc2ccc(F)cc21. The first-order chi connectivity index (χ1) is 8.63. The molecule has 1 aliphatic heterocycles. The fourth-order valence-corrected chi connectivity index (χ4v) is 2.51. The van der Waals surface area contributed by atoms with Crippen molar-refractivity contribution in [2.45, 2.75) is 38.6 Å². The molecule has 2 rings (SSSR count). The maximum atomic E-state index is 13.3. The molecule has 0 fully saturated rings. The van der Waals surface area contributed by atoms with Gasteiger partial charge in [-0.15, -0.1) is 0 Å². The lowest BCUT2D eigenvalue weighted by Crippen LogP contribution is -2.40. The second kappa shape index (κ2) is 5.38. The Hall–Kier alpha value is -1.58. The molecule has 4 heteroatoms. The summed E-state index contributed by atoms with van der Waals surface area (Å²) in [6, 6.07) is 4.10. The monoisotopic (exact) mass is 251 g/mol. The van der Waals surface area contributed by atoms with Crippen molar-refractivity contribution in [1.29, 1.82) is 0 Å². The Morgan fingerprint density at radius 2 is 2.33 bits per heavy atom. The molecule has 1 heterocycles. The topological polar surface area (TPSA) is 40.5 Å². The molecule has 1 unspecified atom stereocenters. The Morgan fingerprint density at radius 1 is 1.56 bits per heavy atom. The summed E-state index contributed by atoms with van der Waals surface area (Å²) in [5.41, 5.74) is 1.79. The van der Waals surface area contributed by atoms with Crippen molar-refractivity contribution in [3.63, 3.8) is 0 Å². The van der Waals surface area contributed by atoms with E-state index in [1.807, 2.05) is 11.8 Å². The number of hydrogen-bond donors (Lipinski definition) is 1. The normalized spacial score (nSPS) is 15.6. The van der Waals surface area contributed by atoms with E-state index in [9.17, 15) is 14.3 Å². The van der Waals surface area contributed by atoms with Crippen molar-refractivity contribution in [2.75, 3.05) is 11.4 Å². The van der Waals surface area contributed by atoms with Crippen molar-refractivity contribution in [3.8, 4) is 0 Å². The molecule has 98 valence electrons. The van der Waals surface area contributed by atoms with E-state index in [2.05, 4.69) is 0 Å². The number of fused-ring (bicyclic) bond motifs is 1. The predicted octanol–water partition coefficient (Wildman–Crippen LogP) is 2.83. The molecule has 1 N–H and O–H groups in total. The van der Waals surface area contributed by atoms with Gasteiger partial charge in [0.2, 0.25) is 0 Å². The van der Waals surface area contributed by atoms with Crippen LogP contribution in [0.3, 0.4) is 0 Å². The summed E-state index contributed by atoms with van der Waals surface area (Å²) in [5.74, 6) is -1.12. The van der Waals surface area contributed by atoms with Gasteiger partial charge >= 0.3 is 5.97 Å². The minimum absolute atomic E-state index is 0.305. The lowest BCUT2D eigenvalue weighted by atomic mass is 10.1.